The van der Waals surface area contributed by atoms with Gasteiger partial charge in [-0.2, -0.15) is 0 Å². The number of benzene rings is 1. The number of rotatable bonds is 3. The monoisotopic (exact) mass is 375 g/mol. The van der Waals surface area contributed by atoms with Gasteiger partial charge in [0.15, 0.2) is 0 Å². The molecule has 3 aliphatic rings. The average molecular weight is 376 g/mol. The minimum atomic E-state index is 0.0188. The van der Waals surface area contributed by atoms with E-state index in [4.69, 9.17) is 11.6 Å². The smallest absolute Gasteiger partial charge is 0.230 e. The molecule has 1 spiro atoms. The molecule has 140 valence electrons. The lowest BCUT2D eigenvalue weighted by Crippen LogP contribution is -2.36. The quantitative estimate of drug-likeness (QED) is 0.883. The summed E-state index contributed by atoms with van der Waals surface area (Å²) in [5, 5.41) is 4.04. The Balaban J connectivity index is 1.56. The predicted octanol–water partition coefficient (Wildman–Crippen LogP) is 2.64. The van der Waals surface area contributed by atoms with Crippen molar-refractivity contribution in [3.8, 4) is 0 Å². The zero-order valence-electron chi connectivity index (χ0n) is 15.4. The first-order valence-electron chi connectivity index (χ1n) is 9.43. The highest BCUT2D eigenvalue weighted by atomic mass is 35.5. The Labute approximate surface area is 159 Å². The number of nitrogens with one attached hydrogen (secondary N) is 1. The minimum Gasteiger partial charge on any atom is -0.349 e. The van der Waals surface area contributed by atoms with Crippen LogP contribution in [0.3, 0.4) is 0 Å². The van der Waals surface area contributed by atoms with Gasteiger partial charge in [0.25, 0.3) is 0 Å². The van der Waals surface area contributed by atoms with Gasteiger partial charge < -0.3 is 15.1 Å². The summed E-state index contributed by atoms with van der Waals surface area (Å²) in [6, 6.07) is 5.70. The van der Waals surface area contributed by atoms with Gasteiger partial charge in [-0.25, -0.2) is 0 Å². The van der Waals surface area contributed by atoms with Crippen molar-refractivity contribution in [2.24, 2.45) is 11.3 Å². The van der Waals surface area contributed by atoms with Gasteiger partial charge in [-0.05, 0) is 61.5 Å². The number of anilines is 1. The number of carbonyl (C=O) groups excluding carboxylic acids is 2. The Hall–Kier alpha value is -1.59. The van der Waals surface area contributed by atoms with Crippen LogP contribution in [0.4, 0.5) is 5.69 Å². The first kappa shape index (κ1) is 17.8. The molecule has 2 heterocycles. The number of amides is 2. The fourth-order valence-corrected chi connectivity index (χ4v) is 4.83. The van der Waals surface area contributed by atoms with Gasteiger partial charge in [0.05, 0.1) is 0 Å². The van der Waals surface area contributed by atoms with Crippen molar-refractivity contribution < 1.29 is 9.59 Å². The van der Waals surface area contributed by atoms with Crippen LogP contribution in [0.15, 0.2) is 18.2 Å². The predicted molar refractivity (Wildman–Crippen MR) is 103 cm³/mol. The van der Waals surface area contributed by atoms with Gasteiger partial charge >= 0.3 is 0 Å². The van der Waals surface area contributed by atoms with Crippen molar-refractivity contribution in [1.82, 2.24) is 10.2 Å². The van der Waals surface area contributed by atoms with Crippen LogP contribution in [-0.2, 0) is 9.59 Å². The number of fused-ring (bicyclic) bond motifs is 1. The summed E-state index contributed by atoms with van der Waals surface area (Å²) in [5.74, 6) is 0.466. The van der Waals surface area contributed by atoms with Gasteiger partial charge in [-0.15, -0.1) is 0 Å². The zero-order chi connectivity index (χ0) is 18.5. The summed E-state index contributed by atoms with van der Waals surface area (Å²) < 4.78 is 0. The van der Waals surface area contributed by atoms with Gasteiger partial charge in [0.1, 0.15) is 0 Å². The highest BCUT2D eigenvalue weighted by molar-refractivity contribution is 6.30. The summed E-state index contributed by atoms with van der Waals surface area (Å²) in [4.78, 5) is 29.0. The molecule has 1 saturated carbocycles. The van der Waals surface area contributed by atoms with Crippen LogP contribution < -0.4 is 10.2 Å². The lowest BCUT2D eigenvalue weighted by molar-refractivity contribution is -0.129. The second-order valence-electron chi connectivity index (χ2n) is 8.21. The molecule has 4 rings (SSSR count). The molecule has 1 aromatic carbocycles. The number of halogens is 1. The van der Waals surface area contributed by atoms with E-state index in [1.54, 1.807) is 19.0 Å². The third-order valence-corrected chi connectivity index (χ3v) is 6.63. The molecule has 26 heavy (non-hydrogen) atoms. The molecule has 2 unspecified atom stereocenters. The molecule has 6 heteroatoms. The third-order valence-electron chi connectivity index (χ3n) is 6.40. The molecule has 1 aliphatic carbocycles. The molecular formula is C20H26ClN3O2. The van der Waals surface area contributed by atoms with E-state index in [0.29, 0.717) is 18.0 Å². The molecule has 1 saturated heterocycles. The van der Waals surface area contributed by atoms with Crippen LogP contribution in [0, 0.1) is 11.3 Å². The van der Waals surface area contributed by atoms with E-state index >= 15 is 0 Å². The summed E-state index contributed by atoms with van der Waals surface area (Å²) in [7, 11) is 3.54. The first-order valence-corrected chi connectivity index (χ1v) is 9.81. The van der Waals surface area contributed by atoms with Crippen molar-refractivity contribution in [1.29, 1.82) is 0 Å². The van der Waals surface area contributed by atoms with E-state index in [9.17, 15) is 9.59 Å². The highest BCUT2D eigenvalue weighted by Gasteiger charge is 2.59. The number of hydrogen-bond donors (Lipinski definition) is 1. The van der Waals surface area contributed by atoms with Crippen LogP contribution in [0.25, 0.3) is 0 Å². The third kappa shape index (κ3) is 3.01. The molecule has 2 fully saturated rings. The van der Waals surface area contributed by atoms with Crippen molar-refractivity contribution in [3.05, 3.63) is 28.8 Å². The molecule has 2 amide bonds. The molecule has 2 aliphatic heterocycles. The fraction of sp³-hybridized carbons (Fsp3) is 0.600. The van der Waals surface area contributed by atoms with E-state index in [1.165, 1.54) is 0 Å². The highest BCUT2D eigenvalue weighted by Crippen LogP contribution is 2.60. The Morgan fingerprint density at radius 2 is 2.04 bits per heavy atom. The number of nitrogens with zero attached hydrogens (tertiary/aromatic N) is 2. The molecular weight excluding hydrogens is 350 g/mol. The van der Waals surface area contributed by atoms with Crippen molar-refractivity contribution in [2.45, 2.75) is 31.6 Å². The number of hydrogen-bond acceptors (Lipinski definition) is 3. The molecule has 5 nitrogen and oxygen atoms in total. The maximum atomic E-state index is 13.3. The van der Waals surface area contributed by atoms with E-state index in [0.717, 1.165) is 43.6 Å². The molecule has 0 aromatic heterocycles. The van der Waals surface area contributed by atoms with E-state index < -0.39 is 0 Å². The lowest BCUT2D eigenvalue weighted by Gasteiger charge is -2.25. The van der Waals surface area contributed by atoms with Crippen molar-refractivity contribution >= 4 is 29.1 Å². The largest absolute Gasteiger partial charge is 0.349 e. The molecule has 1 aromatic rings. The minimum absolute atomic E-state index is 0.0188. The van der Waals surface area contributed by atoms with Crippen LogP contribution in [-0.4, -0.2) is 50.4 Å². The van der Waals surface area contributed by atoms with Crippen LogP contribution in [0.2, 0.25) is 5.02 Å². The second-order valence-corrected chi connectivity index (χ2v) is 8.65. The van der Waals surface area contributed by atoms with Gasteiger partial charge in [-0.1, -0.05) is 11.6 Å². The second kappa shape index (κ2) is 6.54. The van der Waals surface area contributed by atoms with E-state index in [1.807, 2.05) is 23.1 Å². The fourth-order valence-electron chi connectivity index (χ4n) is 4.65. The molecule has 0 radical (unpaired) electrons. The Kier molecular flexibility index (Phi) is 4.48. The lowest BCUT2D eigenvalue weighted by atomic mass is 9.91. The van der Waals surface area contributed by atoms with Crippen molar-refractivity contribution in [2.75, 3.05) is 38.6 Å². The summed E-state index contributed by atoms with van der Waals surface area (Å²) in [6.45, 7) is 2.60. The van der Waals surface area contributed by atoms with Gasteiger partial charge in [-0.3, -0.25) is 9.59 Å². The van der Waals surface area contributed by atoms with Gasteiger partial charge in [0.2, 0.25) is 11.8 Å². The summed E-state index contributed by atoms with van der Waals surface area (Å²) in [6.07, 6.45) is 3.60. The maximum Gasteiger partial charge on any atom is 0.230 e. The molecule has 0 bridgehead atoms. The van der Waals surface area contributed by atoms with Gasteiger partial charge in [0, 0.05) is 49.6 Å². The van der Waals surface area contributed by atoms with Crippen LogP contribution in [0.5, 0.6) is 0 Å². The van der Waals surface area contributed by atoms with Crippen LogP contribution >= 0.6 is 11.6 Å². The zero-order valence-corrected chi connectivity index (χ0v) is 16.2. The molecule has 2 atom stereocenters. The standard InChI is InChI=1S/C20H26ClN3O2/c1-23(2)18(25)9-13-12-24(17-4-3-14(21)10-15(13)17)19(26)16-11-20(16)5-7-22-8-6-20/h3-4,10,13,16,22H,5-9,11-12H2,1-2H3. The number of carbonyl (C=O) groups is 2. The van der Waals surface area contributed by atoms with E-state index in [2.05, 4.69) is 5.32 Å². The normalized spacial score (nSPS) is 25.9. The topological polar surface area (TPSA) is 52.7 Å². The number of piperidine rings is 1. The Morgan fingerprint density at radius 1 is 1.31 bits per heavy atom. The Morgan fingerprint density at radius 3 is 2.73 bits per heavy atom. The average Bonchev–Trinajstić information content (AvgIpc) is 3.19. The maximum absolute atomic E-state index is 13.3. The summed E-state index contributed by atoms with van der Waals surface area (Å²) >= 11 is 6.20. The molecule has 1 N–H and O–H groups in total. The summed E-state index contributed by atoms with van der Waals surface area (Å²) in [5.41, 5.74) is 2.18. The first-order chi connectivity index (χ1) is 12.4. The van der Waals surface area contributed by atoms with Crippen LogP contribution in [0.1, 0.15) is 37.2 Å². The van der Waals surface area contributed by atoms with Crippen molar-refractivity contribution in [3.63, 3.8) is 0 Å². The Bertz CT molecular complexity index is 743. The van der Waals surface area contributed by atoms with E-state index in [-0.39, 0.29) is 29.1 Å². The SMILES string of the molecule is CN(C)C(=O)CC1CN(C(=O)C2CC23CCNCC3)c2ccc(Cl)cc21.